The Balaban J connectivity index is 1.42. The number of carbonyl (C=O) groups excluding carboxylic acids is 3. The molecule has 0 saturated carbocycles. The third-order valence-corrected chi connectivity index (χ3v) is 5.85. The Kier molecular flexibility index (Phi) is 5.51. The van der Waals surface area contributed by atoms with Crippen molar-refractivity contribution in [1.82, 2.24) is 30.5 Å². The maximum atomic E-state index is 12.9. The molecule has 1 aliphatic heterocycles. The van der Waals surface area contributed by atoms with Gasteiger partial charge in [-0.05, 0) is 31.5 Å². The van der Waals surface area contributed by atoms with E-state index in [0.29, 0.717) is 33.9 Å². The molecule has 11 heteroatoms. The number of urea groups is 1. The molecule has 10 nitrogen and oxygen atoms in total. The van der Waals surface area contributed by atoms with E-state index in [9.17, 15) is 14.4 Å². The van der Waals surface area contributed by atoms with Crippen molar-refractivity contribution in [3.05, 3.63) is 54.3 Å². The van der Waals surface area contributed by atoms with Gasteiger partial charge in [0.1, 0.15) is 5.54 Å². The van der Waals surface area contributed by atoms with Crippen LogP contribution in [0.5, 0.6) is 0 Å². The van der Waals surface area contributed by atoms with Gasteiger partial charge >= 0.3 is 6.03 Å². The number of thioether (sulfide) groups is 1. The molecule has 2 N–H and O–H groups in total. The first-order valence-electron chi connectivity index (χ1n) is 9.55. The topological polar surface area (TPSA) is 122 Å². The van der Waals surface area contributed by atoms with Crippen LogP contribution >= 0.6 is 11.8 Å². The van der Waals surface area contributed by atoms with E-state index < -0.39 is 23.4 Å². The smallest absolute Gasteiger partial charge is 0.344 e. The van der Waals surface area contributed by atoms with Gasteiger partial charge in [0.05, 0.1) is 12.0 Å². The molecule has 1 atom stereocenters. The molecule has 3 heterocycles. The van der Waals surface area contributed by atoms with Crippen LogP contribution in [-0.2, 0) is 21.7 Å². The van der Waals surface area contributed by atoms with Gasteiger partial charge in [-0.25, -0.2) is 4.79 Å². The predicted molar refractivity (Wildman–Crippen MR) is 111 cm³/mol. The molecule has 1 fully saturated rings. The summed E-state index contributed by atoms with van der Waals surface area (Å²) in [6.45, 7) is 4.11. The minimum atomic E-state index is -1.25. The first-order chi connectivity index (χ1) is 14.9. The molecular formula is C20H20N6O4S. The van der Waals surface area contributed by atoms with E-state index in [1.165, 1.54) is 0 Å². The quantitative estimate of drug-likeness (QED) is 0.426. The standard InChI is InChI=1S/C20H20N6O4S/c1-3-25-16(14-10-7-11-30-14)22-23-19(25)31-12-15(27)24-26-17(28)20(2,21-18(26)29)13-8-5-4-6-9-13/h4-11H,3,12H2,1-2H3,(H,21,29)(H,24,27)/t20-/m1/s1. The number of benzene rings is 1. The third-order valence-electron chi connectivity index (χ3n) is 4.89. The van der Waals surface area contributed by atoms with Crippen molar-refractivity contribution in [3.63, 3.8) is 0 Å². The Morgan fingerprint density at radius 2 is 1.97 bits per heavy atom. The largest absolute Gasteiger partial charge is 0.461 e. The summed E-state index contributed by atoms with van der Waals surface area (Å²) < 4.78 is 7.19. The minimum absolute atomic E-state index is 0.0601. The molecule has 0 aliphatic carbocycles. The average Bonchev–Trinajstić information content (AvgIpc) is 3.49. The van der Waals surface area contributed by atoms with Gasteiger partial charge in [-0.1, -0.05) is 42.1 Å². The van der Waals surface area contributed by atoms with Crippen LogP contribution in [0.4, 0.5) is 4.79 Å². The van der Waals surface area contributed by atoms with Crippen molar-refractivity contribution in [1.29, 1.82) is 0 Å². The molecule has 0 spiro atoms. The number of furan rings is 1. The summed E-state index contributed by atoms with van der Waals surface area (Å²) in [6.07, 6.45) is 1.55. The zero-order valence-corrected chi connectivity index (χ0v) is 17.7. The Morgan fingerprint density at radius 3 is 2.65 bits per heavy atom. The molecule has 2 aromatic heterocycles. The summed E-state index contributed by atoms with van der Waals surface area (Å²) in [7, 11) is 0. The summed E-state index contributed by atoms with van der Waals surface area (Å²) >= 11 is 1.15. The lowest BCUT2D eigenvalue weighted by Crippen LogP contribution is -2.48. The van der Waals surface area contributed by atoms with Crippen LogP contribution in [-0.4, -0.2) is 43.4 Å². The van der Waals surface area contributed by atoms with Crippen molar-refractivity contribution in [2.75, 3.05) is 5.75 Å². The van der Waals surface area contributed by atoms with Gasteiger partial charge in [-0.2, -0.15) is 5.01 Å². The molecule has 0 radical (unpaired) electrons. The fraction of sp³-hybridized carbons (Fsp3) is 0.250. The molecule has 0 unspecified atom stereocenters. The zero-order valence-electron chi connectivity index (χ0n) is 16.9. The number of rotatable bonds is 7. The van der Waals surface area contributed by atoms with Crippen LogP contribution in [0.15, 0.2) is 58.3 Å². The molecule has 1 aliphatic rings. The second-order valence-electron chi connectivity index (χ2n) is 6.91. The normalized spacial score (nSPS) is 18.3. The predicted octanol–water partition coefficient (Wildman–Crippen LogP) is 2.15. The van der Waals surface area contributed by atoms with Crippen LogP contribution < -0.4 is 10.7 Å². The molecule has 160 valence electrons. The summed E-state index contributed by atoms with van der Waals surface area (Å²) in [5.41, 5.74) is 1.76. The van der Waals surface area contributed by atoms with Crippen LogP contribution in [0.1, 0.15) is 19.4 Å². The number of imide groups is 1. The first kappa shape index (κ1) is 20.7. The highest BCUT2D eigenvalue weighted by atomic mass is 32.2. The van der Waals surface area contributed by atoms with Gasteiger partial charge < -0.3 is 9.73 Å². The van der Waals surface area contributed by atoms with E-state index in [0.717, 1.165) is 11.8 Å². The highest BCUT2D eigenvalue weighted by molar-refractivity contribution is 7.99. The van der Waals surface area contributed by atoms with Crippen LogP contribution in [0, 0.1) is 0 Å². The van der Waals surface area contributed by atoms with Gasteiger partial charge in [0.15, 0.2) is 16.7 Å². The number of nitrogens with one attached hydrogen (secondary N) is 2. The molecule has 4 rings (SSSR count). The Bertz CT molecular complexity index is 1110. The number of amides is 4. The van der Waals surface area contributed by atoms with Gasteiger partial charge in [0.25, 0.3) is 5.91 Å². The van der Waals surface area contributed by atoms with Crippen molar-refractivity contribution >= 4 is 29.6 Å². The minimum Gasteiger partial charge on any atom is -0.461 e. The number of nitrogens with zero attached hydrogens (tertiary/aromatic N) is 4. The van der Waals surface area contributed by atoms with Crippen LogP contribution in [0.25, 0.3) is 11.6 Å². The average molecular weight is 440 g/mol. The van der Waals surface area contributed by atoms with Crippen molar-refractivity contribution in [2.24, 2.45) is 0 Å². The van der Waals surface area contributed by atoms with E-state index in [1.807, 2.05) is 17.6 Å². The lowest BCUT2D eigenvalue weighted by molar-refractivity contribution is -0.138. The maximum Gasteiger partial charge on any atom is 0.344 e. The number of hydrogen-bond donors (Lipinski definition) is 2. The van der Waals surface area contributed by atoms with Crippen LogP contribution in [0.2, 0.25) is 0 Å². The summed E-state index contributed by atoms with van der Waals surface area (Å²) in [5.74, 6) is -0.00159. The lowest BCUT2D eigenvalue weighted by atomic mass is 9.92. The van der Waals surface area contributed by atoms with Crippen molar-refractivity contribution < 1.29 is 18.8 Å². The second kappa shape index (κ2) is 8.26. The first-order valence-corrected chi connectivity index (χ1v) is 10.5. The van der Waals surface area contributed by atoms with E-state index in [1.54, 1.807) is 49.6 Å². The Hall–Kier alpha value is -3.60. The van der Waals surface area contributed by atoms with Gasteiger partial charge in [0, 0.05) is 6.54 Å². The number of hydrogen-bond acceptors (Lipinski definition) is 7. The lowest BCUT2D eigenvalue weighted by Gasteiger charge is -2.22. The number of carbonyl (C=O) groups is 3. The number of aromatic nitrogens is 3. The fourth-order valence-electron chi connectivity index (χ4n) is 3.26. The molecule has 0 bridgehead atoms. The summed E-state index contributed by atoms with van der Waals surface area (Å²) in [6, 6.07) is 11.7. The molecular weight excluding hydrogens is 420 g/mol. The number of hydrazine groups is 1. The second-order valence-corrected chi connectivity index (χ2v) is 7.86. The SMILES string of the molecule is CCn1c(SCC(=O)NN2C(=O)N[C@](C)(c3ccccc3)C2=O)nnc1-c1ccco1. The van der Waals surface area contributed by atoms with E-state index in [2.05, 4.69) is 20.9 Å². The molecule has 1 saturated heterocycles. The highest BCUT2D eigenvalue weighted by Gasteiger charge is 2.49. The Morgan fingerprint density at radius 1 is 1.19 bits per heavy atom. The molecule has 3 aromatic rings. The zero-order chi connectivity index (χ0) is 22.0. The molecule has 1 aromatic carbocycles. The monoisotopic (exact) mass is 440 g/mol. The maximum absolute atomic E-state index is 12.9. The van der Waals surface area contributed by atoms with E-state index in [4.69, 9.17) is 4.42 Å². The fourth-order valence-corrected chi connectivity index (χ4v) is 4.06. The van der Waals surface area contributed by atoms with Crippen LogP contribution in [0.3, 0.4) is 0 Å². The summed E-state index contributed by atoms with van der Waals surface area (Å²) in [5, 5.41) is 12.1. The summed E-state index contributed by atoms with van der Waals surface area (Å²) in [4.78, 5) is 37.7. The Labute approximate surface area is 182 Å². The van der Waals surface area contributed by atoms with Crippen molar-refractivity contribution in [2.45, 2.75) is 31.1 Å². The van der Waals surface area contributed by atoms with Gasteiger partial charge in [-0.15, -0.1) is 10.2 Å². The van der Waals surface area contributed by atoms with Gasteiger partial charge in [-0.3, -0.25) is 19.6 Å². The molecule has 31 heavy (non-hydrogen) atoms. The van der Waals surface area contributed by atoms with E-state index in [-0.39, 0.29) is 5.75 Å². The van der Waals surface area contributed by atoms with Gasteiger partial charge in [0.2, 0.25) is 5.91 Å². The van der Waals surface area contributed by atoms with Crippen molar-refractivity contribution in [3.8, 4) is 11.6 Å². The third kappa shape index (κ3) is 3.79. The highest BCUT2D eigenvalue weighted by Crippen LogP contribution is 2.28. The molecule has 4 amide bonds. The van der Waals surface area contributed by atoms with E-state index >= 15 is 0 Å².